The molecule has 13 nitrogen and oxygen atoms in total. The number of phenols is 1. The first-order valence-corrected chi connectivity index (χ1v) is 20.4. The van der Waals surface area contributed by atoms with Crippen LogP contribution in [0.15, 0.2) is 24.3 Å². The fourth-order valence-corrected chi connectivity index (χ4v) is 8.27. The number of hydrogen-bond acceptors (Lipinski definition) is 9. The summed E-state index contributed by atoms with van der Waals surface area (Å²) in [6.07, 6.45) is 0.786. The molecule has 1 fully saturated rings. The highest BCUT2D eigenvalue weighted by atomic mass is 16.5. The molecule has 1 aliphatic heterocycles. The van der Waals surface area contributed by atoms with E-state index in [1.165, 1.54) is 19.2 Å². The number of ether oxygens (including phenoxy) is 2. The number of benzene rings is 1. The van der Waals surface area contributed by atoms with Gasteiger partial charge in [0.15, 0.2) is 5.78 Å². The average Bonchev–Trinajstić information content (AvgIpc) is 3.63. The van der Waals surface area contributed by atoms with Gasteiger partial charge in [0.2, 0.25) is 17.7 Å². The van der Waals surface area contributed by atoms with Crippen LogP contribution < -0.4 is 5.32 Å². The Hall–Kier alpha value is -3.55. The van der Waals surface area contributed by atoms with Gasteiger partial charge in [0.05, 0.1) is 42.7 Å². The number of hydrogen-bond donors (Lipinski definition) is 3. The van der Waals surface area contributed by atoms with Crippen LogP contribution in [0, 0.1) is 29.6 Å². The predicted molar refractivity (Wildman–Crippen MR) is 217 cm³/mol. The molecule has 0 radical (unpaired) electrons. The monoisotopic (exact) mass is 789 g/mol. The summed E-state index contributed by atoms with van der Waals surface area (Å²) < 4.78 is 11.9. The Kier molecular flexibility index (Phi) is 19.4. The summed E-state index contributed by atoms with van der Waals surface area (Å²) in [5, 5.41) is 22.1. The molecule has 56 heavy (non-hydrogen) atoms. The zero-order chi connectivity index (χ0) is 42.6. The summed E-state index contributed by atoms with van der Waals surface area (Å²) in [5.41, 5.74) is 0.636. The van der Waals surface area contributed by atoms with E-state index in [1.807, 2.05) is 48.6 Å². The van der Waals surface area contributed by atoms with Gasteiger partial charge in [-0.3, -0.25) is 24.1 Å². The van der Waals surface area contributed by atoms with Gasteiger partial charge in [-0.2, -0.15) is 0 Å². The highest BCUT2D eigenvalue weighted by Gasteiger charge is 2.43. The van der Waals surface area contributed by atoms with Crippen molar-refractivity contribution in [3.63, 3.8) is 0 Å². The number of rotatable bonds is 23. The van der Waals surface area contributed by atoms with Crippen molar-refractivity contribution in [3.8, 4) is 5.75 Å². The fraction of sp³-hybridized carbons (Fsp3) is 0.744. The number of aliphatic carboxylic acids is 1. The first-order valence-electron chi connectivity index (χ1n) is 20.4. The molecule has 0 aliphatic carbocycles. The molecule has 0 aromatic heterocycles. The number of methoxy groups -OCH3 is 2. The van der Waals surface area contributed by atoms with E-state index in [0.717, 1.165) is 6.42 Å². The minimum Gasteiger partial charge on any atom is -0.508 e. The fourth-order valence-electron chi connectivity index (χ4n) is 8.27. The number of nitrogens with one attached hydrogen (secondary N) is 1. The van der Waals surface area contributed by atoms with Gasteiger partial charge in [0.1, 0.15) is 11.8 Å². The number of phenolic OH excluding ortho intramolecular Hbond substituents is 1. The van der Waals surface area contributed by atoms with Gasteiger partial charge in [-0.05, 0) is 69.2 Å². The zero-order valence-electron chi connectivity index (χ0n) is 36.3. The van der Waals surface area contributed by atoms with Gasteiger partial charge < -0.3 is 34.8 Å². The predicted octanol–water partition coefficient (Wildman–Crippen LogP) is 5.02. The highest BCUT2D eigenvalue weighted by molar-refractivity contribution is 5.90. The molecule has 318 valence electrons. The molecule has 2 rings (SSSR count). The molecule has 3 amide bonds. The van der Waals surface area contributed by atoms with Crippen LogP contribution in [-0.2, 0) is 39.9 Å². The normalized spacial score (nSPS) is 19.0. The van der Waals surface area contributed by atoms with Crippen LogP contribution in [0.1, 0.15) is 100.0 Å². The maximum atomic E-state index is 14.4. The molecule has 3 N–H and O–H groups in total. The second-order valence-electron chi connectivity index (χ2n) is 16.8. The van der Waals surface area contributed by atoms with Gasteiger partial charge in [0, 0.05) is 52.6 Å². The van der Waals surface area contributed by atoms with E-state index in [9.17, 15) is 34.2 Å². The van der Waals surface area contributed by atoms with E-state index in [2.05, 4.69) is 24.1 Å². The van der Waals surface area contributed by atoms with E-state index in [0.29, 0.717) is 24.9 Å². The average molecular weight is 789 g/mol. The smallest absolute Gasteiger partial charge is 0.326 e. The van der Waals surface area contributed by atoms with Crippen LogP contribution in [0.2, 0.25) is 0 Å². The van der Waals surface area contributed by atoms with E-state index >= 15 is 0 Å². The van der Waals surface area contributed by atoms with E-state index < -0.39 is 54.0 Å². The lowest BCUT2D eigenvalue weighted by molar-refractivity contribution is -0.149. The number of carbonyl (C=O) groups is 5. The number of likely N-dealkylation sites (tertiary alicyclic amines) is 1. The number of aromatic hydroxyl groups is 1. The summed E-state index contributed by atoms with van der Waals surface area (Å²) in [5.74, 6) is -3.33. The lowest BCUT2D eigenvalue weighted by Crippen LogP contribution is -2.55. The van der Waals surface area contributed by atoms with E-state index in [1.54, 1.807) is 43.0 Å². The molecule has 9 atom stereocenters. The minimum absolute atomic E-state index is 0.00968. The van der Waals surface area contributed by atoms with Crippen LogP contribution in [0.25, 0.3) is 0 Å². The Balaban J connectivity index is 2.29. The van der Waals surface area contributed by atoms with E-state index in [-0.39, 0.29) is 72.4 Å². The third-order valence-corrected chi connectivity index (χ3v) is 12.0. The molecule has 1 aromatic carbocycles. The van der Waals surface area contributed by atoms with Crippen LogP contribution in [0.3, 0.4) is 0 Å². The minimum atomic E-state index is -1.21. The SMILES string of the molecule is CCC(C)[C@@H]([C@@H](CC(=O)N1CCC[C@H]1[C@H](OC)[C@@H](C)C(=O)NC(Cc1ccc(O)cc1)C(=O)O)OC)N(C)C(=O)[C@@H](CC(=O)[C@H](C(C)C)N(C)C(C)C)C(C)C. The number of ketones is 1. The van der Waals surface area contributed by atoms with Crippen LogP contribution in [0.4, 0.5) is 0 Å². The Labute approximate surface area is 335 Å². The van der Waals surface area contributed by atoms with Crippen molar-refractivity contribution in [3.05, 3.63) is 29.8 Å². The second-order valence-corrected chi connectivity index (χ2v) is 16.8. The third-order valence-electron chi connectivity index (χ3n) is 12.0. The molecule has 0 saturated carbocycles. The molecule has 2 unspecified atom stereocenters. The summed E-state index contributed by atoms with van der Waals surface area (Å²) >= 11 is 0. The summed E-state index contributed by atoms with van der Waals surface area (Å²) in [7, 11) is 6.74. The number of carbonyl (C=O) groups excluding carboxylic acids is 4. The number of carboxylic acids is 1. The number of nitrogens with zero attached hydrogens (tertiary/aromatic N) is 3. The summed E-state index contributed by atoms with van der Waals surface area (Å²) in [6.45, 7) is 18.3. The number of carboxylic acid groups (broad SMARTS) is 1. The number of amides is 3. The number of likely N-dealkylation sites (N-methyl/N-ethyl adjacent to an activating group) is 2. The summed E-state index contributed by atoms with van der Waals surface area (Å²) in [4.78, 5) is 73.6. The topological polar surface area (TPSA) is 166 Å². The molecule has 1 aromatic rings. The lowest BCUT2D eigenvalue weighted by atomic mass is 9.83. The van der Waals surface area contributed by atoms with Crippen molar-refractivity contribution < 1.29 is 43.7 Å². The van der Waals surface area contributed by atoms with Crippen molar-refractivity contribution in [1.82, 2.24) is 20.0 Å². The van der Waals surface area contributed by atoms with Crippen LogP contribution in [0.5, 0.6) is 5.75 Å². The number of Topliss-reactive ketones (excluding diaryl/α,β-unsaturated/α-hetero) is 1. The highest BCUT2D eigenvalue weighted by Crippen LogP contribution is 2.31. The van der Waals surface area contributed by atoms with Crippen molar-refractivity contribution in [2.45, 2.75) is 143 Å². The maximum absolute atomic E-state index is 14.4. The largest absolute Gasteiger partial charge is 0.508 e. The van der Waals surface area contributed by atoms with Crippen molar-refractivity contribution in [1.29, 1.82) is 0 Å². The van der Waals surface area contributed by atoms with Gasteiger partial charge in [-0.1, -0.05) is 67.0 Å². The first-order chi connectivity index (χ1) is 26.2. The van der Waals surface area contributed by atoms with E-state index in [4.69, 9.17) is 9.47 Å². The molecule has 0 bridgehead atoms. The van der Waals surface area contributed by atoms with Crippen molar-refractivity contribution >= 4 is 29.5 Å². The Bertz CT molecular complexity index is 1430. The standard InChI is InChI=1S/C43H72N4O9/c1-14-28(8)39(46(11)42(52)32(25(2)3)23-35(49)38(26(4)5)45(10)27(6)7)36(55-12)24-37(50)47-21-15-16-34(47)40(56-13)29(9)41(51)44-33(43(53)54)22-30-17-19-31(48)20-18-30/h17-20,25-29,32-34,36,38-40,48H,14-16,21-24H2,1-13H3,(H,44,51)(H,53,54)/t28?,29-,32+,33?,34+,36-,38+,39+,40-/m1/s1. The molecule has 1 heterocycles. The summed E-state index contributed by atoms with van der Waals surface area (Å²) in [6, 6.07) is 3.87. The molecular weight excluding hydrogens is 716 g/mol. The Morgan fingerprint density at radius 1 is 0.911 bits per heavy atom. The third kappa shape index (κ3) is 12.7. The van der Waals surface area contributed by atoms with Gasteiger partial charge in [0.25, 0.3) is 0 Å². The van der Waals surface area contributed by atoms with Gasteiger partial charge >= 0.3 is 5.97 Å². The van der Waals surface area contributed by atoms with Crippen LogP contribution in [-0.4, -0.2) is 132 Å². The zero-order valence-corrected chi connectivity index (χ0v) is 36.3. The molecule has 0 spiro atoms. The van der Waals surface area contributed by atoms with Gasteiger partial charge in [-0.15, -0.1) is 0 Å². The molecule has 1 aliphatic rings. The quantitative estimate of drug-likeness (QED) is 0.137. The van der Waals surface area contributed by atoms with Gasteiger partial charge in [-0.25, -0.2) is 4.79 Å². The molecule has 1 saturated heterocycles. The van der Waals surface area contributed by atoms with Crippen molar-refractivity contribution in [2.24, 2.45) is 29.6 Å². The molecule has 13 heteroatoms. The first kappa shape index (κ1) is 48.6. The van der Waals surface area contributed by atoms with Crippen LogP contribution >= 0.6 is 0 Å². The maximum Gasteiger partial charge on any atom is 0.326 e. The lowest BCUT2D eigenvalue weighted by Gasteiger charge is -2.41. The van der Waals surface area contributed by atoms with Crippen molar-refractivity contribution in [2.75, 3.05) is 34.9 Å². The Morgan fingerprint density at radius 3 is 2.00 bits per heavy atom. The Morgan fingerprint density at radius 2 is 1.52 bits per heavy atom. The second kappa shape index (κ2) is 22.4. The molecular formula is C43H72N4O9.